The predicted molar refractivity (Wildman–Crippen MR) is 90.2 cm³/mol. The average Bonchev–Trinajstić information content (AvgIpc) is 2.48. The normalized spacial score (nSPS) is 22.1. The number of aryl methyl sites for hydroxylation is 2. The zero-order valence-corrected chi connectivity index (χ0v) is 13.7. The molecule has 2 unspecified atom stereocenters. The minimum absolute atomic E-state index is 0.260. The van der Waals surface area contributed by atoms with Gasteiger partial charge in [0.05, 0.1) is 0 Å². The van der Waals surface area contributed by atoms with Gasteiger partial charge in [-0.1, -0.05) is 19.8 Å². The molecule has 3 nitrogen and oxygen atoms in total. The van der Waals surface area contributed by atoms with Crippen molar-refractivity contribution >= 4 is 11.0 Å². The van der Waals surface area contributed by atoms with Crippen molar-refractivity contribution in [1.82, 2.24) is 5.32 Å². The van der Waals surface area contributed by atoms with E-state index in [-0.39, 0.29) is 5.63 Å². The summed E-state index contributed by atoms with van der Waals surface area (Å²) in [7, 11) is 0. The van der Waals surface area contributed by atoms with Crippen molar-refractivity contribution in [3.05, 3.63) is 45.3 Å². The van der Waals surface area contributed by atoms with Crippen molar-refractivity contribution in [2.45, 2.75) is 59.0 Å². The van der Waals surface area contributed by atoms with E-state index in [2.05, 4.69) is 25.2 Å². The second-order valence-electron chi connectivity index (χ2n) is 6.77. The predicted octanol–water partition coefficient (Wildman–Crippen LogP) is 4.08. The minimum Gasteiger partial charge on any atom is -0.423 e. The molecule has 0 amide bonds. The van der Waals surface area contributed by atoms with Crippen molar-refractivity contribution in [2.75, 3.05) is 0 Å². The van der Waals surface area contributed by atoms with Crippen LogP contribution in [0.1, 0.15) is 49.3 Å². The van der Waals surface area contributed by atoms with E-state index >= 15 is 0 Å². The second kappa shape index (κ2) is 6.25. The number of fused-ring (bicyclic) bond motifs is 1. The zero-order chi connectivity index (χ0) is 15.7. The SMILES string of the molecule is Cc1cc2oc(=O)cc(CNC3CCCCC3C)c2cc1C. The molecule has 2 aromatic rings. The lowest BCUT2D eigenvalue weighted by Gasteiger charge is -2.29. The van der Waals surface area contributed by atoms with Crippen LogP contribution in [-0.4, -0.2) is 6.04 Å². The Morgan fingerprint density at radius 1 is 1.14 bits per heavy atom. The minimum atomic E-state index is -0.260. The third-order valence-corrected chi connectivity index (χ3v) is 5.11. The highest BCUT2D eigenvalue weighted by molar-refractivity contribution is 5.81. The van der Waals surface area contributed by atoms with Crippen LogP contribution in [0.25, 0.3) is 11.0 Å². The molecular weight excluding hydrogens is 274 g/mol. The van der Waals surface area contributed by atoms with Crippen LogP contribution in [0.3, 0.4) is 0 Å². The Hall–Kier alpha value is -1.61. The molecule has 1 N–H and O–H groups in total. The molecule has 1 aliphatic carbocycles. The van der Waals surface area contributed by atoms with E-state index in [0.29, 0.717) is 17.5 Å². The van der Waals surface area contributed by atoms with Crippen LogP contribution in [-0.2, 0) is 6.54 Å². The molecule has 2 atom stereocenters. The maximum absolute atomic E-state index is 11.8. The summed E-state index contributed by atoms with van der Waals surface area (Å²) < 4.78 is 5.37. The van der Waals surface area contributed by atoms with E-state index in [0.717, 1.165) is 23.1 Å². The molecule has 1 aromatic heterocycles. The first kappa shape index (κ1) is 15.3. The lowest BCUT2D eigenvalue weighted by Crippen LogP contribution is -2.36. The Morgan fingerprint density at radius 2 is 1.86 bits per heavy atom. The van der Waals surface area contributed by atoms with Gasteiger partial charge in [-0.25, -0.2) is 4.79 Å². The molecule has 3 heteroatoms. The maximum atomic E-state index is 11.8. The van der Waals surface area contributed by atoms with Crippen LogP contribution in [0.15, 0.2) is 27.4 Å². The van der Waals surface area contributed by atoms with Gasteiger partial charge in [-0.15, -0.1) is 0 Å². The highest BCUT2D eigenvalue weighted by atomic mass is 16.4. The van der Waals surface area contributed by atoms with E-state index in [1.807, 2.05) is 13.0 Å². The molecule has 0 aliphatic heterocycles. The van der Waals surface area contributed by atoms with Crippen LogP contribution in [0.4, 0.5) is 0 Å². The second-order valence-corrected chi connectivity index (χ2v) is 6.77. The largest absolute Gasteiger partial charge is 0.423 e. The maximum Gasteiger partial charge on any atom is 0.336 e. The van der Waals surface area contributed by atoms with E-state index in [1.165, 1.54) is 31.2 Å². The summed E-state index contributed by atoms with van der Waals surface area (Å²) in [5.74, 6) is 0.712. The summed E-state index contributed by atoms with van der Waals surface area (Å²) in [6, 6.07) is 6.30. The number of benzene rings is 1. The van der Waals surface area contributed by atoms with Crippen LogP contribution >= 0.6 is 0 Å². The fraction of sp³-hybridized carbons (Fsp3) is 0.526. The summed E-state index contributed by atoms with van der Waals surface area (Å²) >= 11 is 0. The summed E-state index contributed by atoms with van der Waals surface area (Å²) in [5, 5.41) is 4.71. The van der Waals surface area contributed by atoms with Gasteiger partial charge in [-0.05, 0) is 61.4 Å². The van der Waals surface area contributed by atoms with Crippen LogP contribution in [0.5, 0.6) is 0 Å². The lowest BCUT2D eigenvalue weighted by molar-refractivity contribution is 0.279. The van der Waals surface area contributed by atoms with Gasteiger partial charge in [-0.3, -0.25) is 0 Å². The Bertz CT molecular complexity index is 732. The molecular formula is C19H25NO2. The quantitative estimate of drug-likeness (QED) is 0.868. The van der Waals surface area contributed by atoms with Crippen molar-refractivity contribution in [3.8, 4) is 0 Å². The average molecular weight is 299 g/mol. The fourth-order valence-corrected chi connectivity index (χ4v) is 3.49. The molecule has 0 spiro atoms. The lowest BCUT2D eigenvalue weighted by atomic mass is 9.86. The summed E-state index contributed by atoms with van der Waals surface area (Å²) in [5.41, 5.74) is 3.87. The summed E-state index contributed by atoms with van der Waals surface area (Å²) in [6.07, 6.45) is 5.18. The molecule has 1 saturated carbocycles. The van der Waals surface area contributed by atoms with Gasteiger partial charge in [0.1, 0.15) is 5.58 Å². The molecule has 1 aliphatic rings. The van der Waals surface area contributed by atoms with Crippen molar-refractivity contribution in [3.63, 3.8) is 0 Å². The van der Waals surface area contributed by atoms with Gasteiger partial charge in [0.2, 0.25) is 0 Å². The van der Waals surface area contributed by atoms with Crippen molar-refractivity contribution in [2.24, 2.45) is 5.92 Å². The third kappa shape index (κ3) is 3.09. The Morgan fingerprint density at radius 3 is 2.64 bits per heavy atom. The Balaban J connectivity index is 1.89. The molecule has 1 fully saturated rings. The fourth-order valence-electron chi connectivity index (χ4n) is 3.49. The molecule has 1 aromatic carbocycles. The number of hydrogen-bond acceptors (Lipinski definition) is 3. The molecule has 0 radical (unpaired) electrons. The smallest absolute Gasteiger partial charge is 0.336 e. The first-order valence-electron chi connectivity index (χ1n) is 8.32. The Labute approximate surface area is 131 Å². The first-order chi connectivity index (χ1) is 10.5. The van der Waals surface area contributed by atoms with Crippen LogP contribution in [0, 0.1) is 19.8 Å². The van der Waals surface area contributed by atoms with Crippen LogP contribution in [0.2, 0.25) is 0 Å². The van der Waals surface area contributed by atoms with Crippen molar-refractivity contribution < 1.29 is 4.42 Å². The van der Waals surface area contributed by atoms with Gasteiger partial charge in [0.15, 0.2) is 0 Å². The third-order valence-electron chi connectivity index (χ3n) is 5.11. The van der Waals surface area contributed by atoms with Crippen molar-refractivity contribution in [1.29, 1.82) is 0 Å². The molecule has 1 heterocycles. The van der Waals surface area contributed by atoms with E-state index in [9.17, 15) is 4.79 Å². The first-order valence-corrected chi connectivity index (χ1v) is 8.32. The van der Waals surface area contributed by atoms with E-state index < -0.39 is 0 Å². The highest BCUT2D eigenvalue weighted by Crippen LogP contribution is 2.25. The monoisotopic (exact) mass is 299 g/mol. The topological polar surface area (TPSA) is 42.2 Å². The van der Waals surface area contributed by atoms with Gasteiger partial charge in [0, 0.05) is 24.0 Å². The van der Waals surface area contributed by atoms with E-state index in [1.54, 1.807) is 6.07 Å². The number of nitrogens with one attached hydrogen (secondary N) is 1. The van der Waals surface area contributed by atoms with Crippen LogP contribution < -0.4 is 10.9 Å². The standard InChI is InChI=1S/C19H25NO2/c1-12-6-4-5-7-17(12)20-11-15-10-19(21)22-18-9-14(3)13(2)8-16(15)18/h8-10,12,17,20H,4-7,11H2,1-3H3. The van der Waals surface area contributed by atoms with Gasteiger partial charge < -0.3 is 9.73 Å². The Kier molecular flexibility index (Phi) is 4.34. The molecule has 0 saturated heterocycles. The number of rotatable bonds is 3. The summed E-state index contributed by atoms with van der Waals surface area (Å²) in [6.45, 7) is 7.20. The van der Waals surface area contributed by atoms with Gasteiger partial charge >= 0.3 is 5.63 Å². The van der Waals surface area contributed by atoms with Gasteiger partial charge in [-0.2, -0.15) is 0 Å². The van der Waals surface area contributed by atoms with Gasteiger partial charge in [0.25, 0.3) is 0 Å². The zero-order valence-electron chi connectivity index (χ0n) is 13.7. The molecule has 22 heavy (non-hydrogen) atoms. The highest BCUT2D eigenvalue weighted by Gasteiger charge is 2.20. The molecule has 0 bridgehead atoms. The molecule has 118 valence electrons. The van der Waals surface area contributed by atoms with E-state index in [4.69, 9.17) is 4.42 Å². The molecule has 3 rings (SSSR count). The number of hydrogen-bond donors (Lipinski definition) is 1. The summed E-state index contributed by atoms with van der Waals surface area (Å²) in [4.78, 5) is 11.8.